The van der Waals surface area contributed by atoms with Gasteiger partial charge in [0.2, 0.25) is 0 Å². The highest BCUT2D eigenvalue weighted by Gasteiger charge is 2.12. The Balaban J connectivity index is 2.33. The van der Waals surface area contributed by atoms with Crippen LogP contribution >= 0.6 is 22.9 Å². The lowest BCUT2D eigenvalue weighted by atomic mass is 10.1. The maximum absolute atomic E-state index is 12.7. The van der Waals surface area contributed by atoms with Gasteiger partial charge < -0.3 is 4.74 Å². The molecule has 1 heterocycles. The summed E-state index contributed by atoms with van der Waals surface area (Å²) in [5.41, 5.74) is -0.415. The van der Waals surface area contributed by atoms with Crippen molar-refractivity contribution in [3.05, 3.63) is 52.7 Å². The molecule has 0 saturated carbocycles. The lowest BCUT2D eigenvalue weighted by molar-refractivity contribution is 0.280. The molecule has 3 aromatic rings. The number of rotatable bonds is 3. The van der Waals surface area contributed by atoms with Crippen molar-refractivity contribution in [2.24, 2.45) is 0 Å². The summed E-state index contributed by atoms with van der Waals surface area (Å²) in [6, 6.07) is 13.3. The van der Waals surface area contributed by atoms with Gasteiger partial charge in [0.05, 0.1) is 5.39 Å². The quantitative estimate of drug-likeness (QED) is 0.515. The van der Waals surface area contributed by atoms with Crippen molar-refractivity contribution in [2.75, 3.05) is 0 Å². The van der Waals surface area contributed by atoms with E-state index in [1.807, 2.05) is 43.3 Å². The maximum atomic E-state index is 12.7. The normalized spacial score (nSPS) is 12.7. The number of hydrogen-bond acceptors (Lipinski definition) is 3. The van der Waals surface area contributed by atoms with E-state index >= 15 is 0 Å². The molecule has 1 atom stereocenters. The van der Waals surface area contributed by atoms with Gasteiger partial charge in [0.25, 0.3) is 0 Å². The summed E-state index contributed by atoms with van der Waals surface area (Å²) in [7, 11) is 0. The van der Waals surface area contributed by atoms with Crippen molar-refractivity contribution in [2.45, 2.75) is 18.9 Å². The summed E-state index contributed by atoms with van der Waals surface area (Å²) in [5, 5.41) is 1.35. The summed E-state index contributed by atoms with van der Waals surface area (Å²) in [5.74, 6) is 0.566. The molecule has 1 unspecified atom stereocenters. The minimum atomic E-state index is -0.420. The molecule has 4 heteroatoms. The van der Waals surface area contributed by atoms with E-state index in [2.05, 4.69) is 0 Å². The van der Waals surface area contributed by atoms with Crippen LogP contribution in [0.2, 0.25) is 0 Å². The Morgan fingerprint density at radius 1 is 1.15 bits per heavy atom. The number of ether oxygens (including phenoxy) is 1. The minimum Gasteiger partial charge on any atom is -0.474 e. The third kappa shape index (κ3) is 2.28. The minimum absolute atomic E-state index is 0.00456. The Morgan fingerprint density at radius 3 is 2.70 bits per heavy atom. The summed E-state index contributed by atoms with van der Waals surface area (Å²) < 4.78 is 7.59. The molecule has 0 aliphatic heterocycles. The van der Waals surface area contributed by atoms with Gasteiger partial charge in [0, 0.05) is 14.8 Å². The van der Waals surface area contributed by atoms with Gasteiger partial charge in [-0.05, 0) is 30.7 Å². The molecule has 102 valence electrons. The molecule has 0 radical (unpaired) electrons. The van der Waals surface area contributed by atoms with Gasteiger partial charge in [-0.1, -0.05) is 36.7 Å². The monoisotopic (exact) mass is 304 g/mol. The van der Waals surface area contributed by atoms with Crippen molar-refractivity contribution >= 4 is 43.1 Å². The lowest BCUT2D eigenvalue weighted by Gasteiger charge is -2.12. The molecule has 2 aromatic carbocycles. The third-order valence-electron chi connectivity index (χ3n) is 3.14. The van der Waals surface area contributed by atoms with Gasteiger partial charge >= 0.3 is 0 Å². The van der Waals surface area contributed by atoms with E-state index in [4.69, 9.17) is 16.3 Å². The average molecular weight is 305 g/mol. The molecule has 0 spiro atoms. The number of fused-ring (bicyclic) bond motifs is 2. The molecule has 0 bridgehead atoms. The zero-order valence-electron chi connectivity index (χ0n) is 10.9. The van der Waals surface area contributed by atoms with Crippen LogP contribution in [0.1, 0.15) is 13.3 Å². The van der Waals surface area contributed by atoms with E-state index < -0.39 is 5.56 Å². The van der Waals surface area contributed by atoms with Gasteiger partial charge in [0.1, 0.15) is 5.75 Å². The predicted octanol–water partition coefficient (Wildman–Crippen LogP) is 4.77. The highest BCUT2D eigenvalue weighted by atomic mass is 35.5. The summed E-state index contributed by atoms with van der Waals surface area (Å²) >= 11 is 7.64. The van der Waals surface area contributed by atoms with Gasteiger partial charge in [-0.2, -0.15) is 0 Å². The number of alkyl halides is 1. The van der Waals surface area contributed by atoms with Crippen molar-refractivity contribution in [3.63, 3.8) is 0 Å². The zero-order valence-corrected chi connectivity index (χ0v) is 12.5. The summed E-state index contributed by atoms with van der Waals surface area (Å²) in [6.45, 7) is 1.94. The Morgan fingerprint density at radius 2 is 1.90 bits per heavy atom. The van der Waals surface area contributed by atoms with Gasteiger partial charge in [-0.25, -0.2) is 0 Å². The fraction of sp³-hybridized carbons (Fsp3) is 0.188. The molecule has 0 amide bonds. The van der Waals surface area contributed by atoms with Crippen LogP contribution in [0.25, 0.3) is 20.2 Å². The second-order valence-electron chi connectivity index (χ2n) is 4.49. The number of hydrogen-bond donors (Lipinski definition) is 0. The zero-order chi connectivity index (χ0) is 14.1. The maximum Gasteiger partial charge on any atom is 0.199 e. The first-order valence-corrected chi connectivity index (χ1v) is 7.71. The fourth-order valence-corrected chi connectivity index (χ4v) is 3.33. The van der Waals surface area contributed by atoms with Gasteiger partial charge in [-0.15, -0.1) is 11.3 Å². The van der Waals surface area contributed by atoms with E-state index in [0.717, 1.165) is 14.8 Å². The second kappa shape index (κ2) is 5.43. The third-order valence-corrected chi connectivity index (χ3v) is 4.68. The first-order valence-electron chi connectivity index (χ1n) is 6.46. The van der Waals surface area contributed by atoms with Crippen molar-refractivity contribution in [1.82, 2.24) is 0 Å². The average Bonchev–Trinajstić information content (AvgIpc) is 2.47. The molecule has 2 nitrogen and oxygen atoms in total. The predicted molar refractivity (Wildman–Crippen MR) is 86.2 cm³/mol. The highest BCUT2D eigenvalue weighted by molar-refractivity contribution is 7.24. The molecule has 0 N–H and O–H groups in total. The SMILES string of the molecule is CCC(Cl)Oc1cccc2sc3ccccc3c(=O)c12. The number of benzene rings is 2. The molecule has 3 rings (SSSR count). The Hall–Kier alpha value is -1.58. The molecule has 1 aromatic heterocycles. The van der Waals surface area contributed by atoms with Crippen LogP contribution in [0.5, 0.6) is 5.75 Å². The van der Waals surface area contributed by atoms with Gasteiger partial charge in [-0.3, -0.25) is 4.79 Å². The van der Waals surface area contributed by atoms with Crippen LogP contribution in [0.15, 0.2) is 47.3 Å². The molecule has 0 aliphatic carbocycles. The van der Waals surface area contributed by atoms with E-state index in [1.54, 1.807) is 17.4 Å². The Kier molecular flexibility index (Phi) is 3.64. The van der Waals surface area contributed by atoms with Crippen molar-refractivity contribution in [3.8, 4) is 5.75 Å². The molecular weight excluding hydrogens is 292 g/mol. The van der Waals surface area contributed by atoms with Gasteiger partial charge in [0.15, 0.2) is 11.0 Å². The van der Waals surface area contributed by atoms with E-state index in [-0.39, 0.29) is 5.43 Å². The second-order valence-corrected chi connectivity index (χ2v) is 6.06. The van der Waals surface area contributed by atoms with Crippen LogP contribution < -0.4 is 10.2 Å². The Bertz CT molecular complexity index is 825. The van der Waals surface area contributed by atoms with E-state index in [1.165, 1.54) is 0 Å². The largest absolute Gasteiger partial charge is 0.474 e. The first-order chi connectivity index (χ1) is 9.70. The van der Waals surface area contributed by atoms with Crippen LogP contribution in [0.4, 0.5) is 0 Å². The van der Waals surface area contributed by atoms with Crippen LogP contribution in [-0.4, -0.2) is 5.56 Å². The van der Waals surface area contributed by atoms with Crippen LogP contribution in [0, 0.1) is 0 Å². The molecule has 0 saturated heterocycles. The Labute approximate surface area is 125 Å². The molecular formula is C16H13ClO2S. The number of halogens is 1. The molecule has 0 aliphatic rings. The smallest absolute Gasteiger partial charge is 0.199 e. The topological polar surface area (TPSA) is 26.3 Å². The van der Waals surface area contributed by atoms with Crippen molar-refractivity contribution in [1.29, 1.82) is 0 Å². The molecule has 0 fully saturated rings. The first kappa shape index (κ1) is 13.4. The highest BCUT2D eigenvalue weighted by Crippen LogP contribution is 2.31. The van der Waals surface area contributed by atoms with E-state index in [9.17, 15) is 4.79 Å². The standard InChI is InChI=1S/C16H13ClO2S/c1-2-14(17)19-11-7-5-9-13-15(11)16(18)10-6-3-4-8-12(10)20-13/h3-9,14H,2H2,1H3. The van der Waals surface area contributed by atoms with Crippen LogP contribution in [0.3, 0.4) is 0 Å². The summed E-state index contributed by atoms with van der Waals surface area (Å²) in [6.07, 6.45) is 0.684. The van der Waals surface area contributed by atoms with Crippen LogP contribution in [-0.2, 0) is 0 Å². The molecule has 20 heavy (non-hydrogen) atoms. The fourth-order valence-electron chi connectivity index (χ4n) is 2.14. The van der Waals surface area contributed by atoms with E-state index in [0.29, 0.717) is 17.6 Å². The lowest BCUT2D eigenvalue weighted by Crippen LogP contribution is -2.10. The van der Waals surface area contributed by atoms with Crippen molar-refractivity contribution < 1.29 is 4.74 Å². The summed E-state index contributed by atoms with van der Waals surface area (Å²) in [4.78, 5) is 12.7.